The second kappa shape index (κ2) is 9.38. The molecule has 1 amide bonds. The van der Waals surface area contributed by atoms with E-state index in [-0.39, 0.29) is 30.9 Å². The lowest BCUT2D eigenvalue weighted by atomic mass is 10.1. The number of ether oxygens (including phenoxy) is 1. The number of nitrogen functional groups attached to an aromatic ring is 1. The number of aryl methyl sites for hydroxylation is 1. The number of amides is 1. The van der Waals surface area contributed by atoms with E-state index in [0.717, 1.165) is 12.6 Å². The van der Waals surface area contributed by atoms with Crippen molar-refractivity contribution in [3.63, 3.8) is 0 Å². The first-order chi connectivity index (χ1) is 15.3. The van der Waals surface area contributed by atoms with Gasteiger partial charge >= 0.3 is 12.1 Å². The molecule has 4 atom stereocenters. The third-order valence-electron chi connectivity index (χ3n) is 4.94. The van der Waals surface area contributed by atoms with E-state index in [1.807, 2.05) is 0 Å². The molecule has 16 heteroatoms. The molecule has 0 aromatic carbocycles. The lowest BCUT2D eigenvalue weighted by Gasteiger charge is -2.17. The van der Waals surface area contributed by atoms with Crippen LogP contribution in [0, 0.1) is 0 Å². The van der Waals surface area contributed by atoms with Crippen LogP contribution < -0.4 is 11.1 Å². The fourth-order valence-electron chi connectivity index (χ4n) is 3.44. The number of rotatable bonds is 8. The van der Waals surface area contributed by atoms with Crippen LogP contribution in [0.15, 0.2) is 12.5 Å². The van der Waals surface area contributed by atoms with Gasteiger partial charge in [-0.3, -0.25) is 8.98 Å². The number of anilines is 1. The van der Waals surface area contributed by atoms with Crippen LogP contribution >= 0.6 is 0 Å². The summed E-state index contributed by atoms with van der Waals surface area (Å²) < 4.78 is 71.0. The maximum absolute atomic E-state index is 12.3. The maximum Gasteiger partial charge on any atom is 0.471 e. The quantitative estimate of drug-likeness (QED) is 0.267. The Morgan fingerprint density at radius 1 is 1.33 bits per heavy atom. The smallest absolute Gasteiger partial charge is 0.387 e. The Balaban J connectivity index is 1.80. The normalized spacial score (nSPS) is 23.8. The Labute approximate surface area is 185 Å². The Bertz CT molecular complexity index is 1120. The molecule has 3 heterocycles. The van der Waals surface area contributed by atoms with Crippen molar-refractivity contribution in [2.75, 3.05) is 25.1 Å². The van der Waals surface area contributed by atoms with Crippen molar-refractivity contribution in [3.05, 3.63) is 18.1 Å². The molecular weight excluding hydrogens is 475 g/mol. The number of carbonyl (C=O) groups is 1. The minimum absolute atomic E-state index is 0.0677. The minimum Gasteiger partial charge on any atom is -0.387 e. The molecule has 0 radical (unpaired) electrons. The summed E-state index contributed by atoms with van der Waals surface area (Å²) in [4.78, 5) is 19.0. The van der Waals surface area contributed by atoms with Crippen molar-refractivity contribution < 1.29 is 45.5 Å². The number of alkyl halides is 3. The van der Waals surface area contributed by atoms with Crippen LogP contribution in [0.5, 0.6) is 0 Å². The maximum atomic E-state index is 12.3. The van der Waals surface area contributed by atoms with Gasteiger partial charge in [0.2, 0.25) is 0 Å². The van der Waals surface area contributed by atoms with Gasteiger partial charge in [0.25, 0.3) is 10.1 Å². The summed E-state index contributed by atoms with van der Waals surface area (Å²) in [5.41, 5.74) is 6.67. The predicted octanol–water partition coefficient (Wildman–Crippen LogP) is -0.780. The number of aromatic nitrogens is 3. The molecule has 184 valence electrons. The zero-order chi connectivity index (χ0) is 24.6. The third-order valence-corrected chi connectivity index (χ3v) is 5.51. The zero-order valence-corrected chi connectivity index (χ0v) is 18.0. The number of hydrogen-bond donors (Lipinski definition) is 4. The average Bonchev–Trinajstić information content (AvgIpc) is 3.21. The highest BCUT2D eigenvalue weighted by Crippen LogP contribution is 2.35. The van der Waals surface area contributed by atoms with Crippen LogP contribution in [0.4, 0.5) is 19.0 Å². The molecule has 0 unspecified atom stereocenters. The number of aliphatic hydroxyl groups is 2. The number of fused-ring (bicyclic) bond motifs is 1. The first-order valence-electron chi connectivity index (χ1n) is 9.60. The Kier molecular flexibility index (Phi) is 7.13. The molecule has 0 spiro atoms. The second-order valence-corrected chi connectivity index (χ2v) is 9.06. The molecule has 1 fully saturated rings. The van der Waals surface area contributed by atoms with Gasteiger partial charge in [-0.25, -0.2) is 9.97 Å². The number of aliphatic hydroxyl groups excluding tert-OH is 2. The monoisotopic (exact) mass is 497 g/mol. The first-order valence-corrected chi connectivity index (χ1v) is 11.4. The molecule has 2 aromatic rings. The van der Waals surface area contributed by atoms with Crippen LogP contribution in [-0.2, 0) is 30.3 Å². The summed E-state index contributed by atoms with van der Waals surface area (Å²) in [7, 11) is -3.82. The van der Waals surface area contributed by atoms with Crippen molar-refractivity contribution in [3.8, 4) is 0 Å². The van der Waals surface area contributed by atoms with Crippen molar-refractivity contribution in [2.45, 2.75) is 43.6 Å². The van der Waals surface area contributed by atoms with E-state index in [2.05, 4.69) is 14.2 Å². The lowest BCUT2D eigenvalue weighted by Crippen LogP contribution is -2.37. The predicted molar refractivity (Wildman–Crippen MR) is 106 cm³/mol. The van der Waals surface area contributed by atoms with Gasteiger partial charge in [0.15, 0.2) is 6.23 Å². The molecule has 33 heavy (non-hydrogen) atoms. The second-order valence-electron chi connectivity index (χ2n) is 7.41. The van der Waals surface area contributed by atoms with Crippen LogP contribution in [0.25, 0.3) is 11.0 Å². The average molecular weight is 497 g/mol. The number of carbonyl (C=O) groups excluding carboxylic acids is 1. The molecule has 5 N–H and O–H groups in total. The van der Waals surface area contributed by atoms with E-state index in [9.17, 15) is 36.6 Å². The van der Waals surface area contributed by atoms with Gasteiger partial charge in [0.05, 0.1) is 18.2 Å². The van der Waals surface area contributed by atoms with Crippen LogP contribution in [0.1, 0.15) is 18.2 Å². The van der Waals surface area contributed by atoms with Gasteiger partial charge in [-0.2, -0.15) is 21.6 Å². The molecule has 1 saturated heterocycles. The van der Waals surface area contributed by atoms with Gasteiger partial charge in [0.1, 0.15) is 36.1 Å². The van der Waals surface area contributed by atoms with E-state index in [1.54, 1.807) is 5.32 Å². The first kappa shape index (κ1) is 25.1. The lowest BCUT2D eigenvalue weighted by molar-refractivity contribution is -0.173. The van der Waals surface area contributed by atoms with E-state index in [0.29, 0.717) is 10.9 Å². The number of nitrogens with one attached hydrogen (secondary N) is 1. The summed E-state index contributed by atoms with van der Waals surface area (Å²) in [6.07, 6.45) is -6.54. The molecule has 12 nitrogen and oxygen atoms in total. The van der Waals surface area contributed by atoms with Crippen molar-refractivity contribution in [1.29, 1.82) is 0 Å². The van der Waals surface area contributed by atoms with Gasteiger partial charge in [-0.05, 0) is 18.4 Å². The van der Waals surface area contributed by atoms with Crippen molar-refractivity contribution in [1.82, 2.24) is 19.9 Å². The van der Waals surface area contributed by atoms with Gasteiger partial charge in [-0.1, -0.05) is 0 Å². The standard InChI is InChI=1S/C17H22F3N5O7S/c1-33(29,30)31-6-9-11(26)12(27)15(32-9)25-5-8(10-13(21)23-7-24-14(10)25)3-2-4-22-16(28)17(18,19)20/h5,7,9,11-12,15,26-27H,2-4,6H2,1H3,(H,22,28)(H2,21,23,24)/t9-,11-,12-,15-/m1/s1. The Morgan fingerprint density at radius 3 is 2.67 bits per heavy atom. The van der Waals surface area contributed by atoms with Crippen LogP contribution in [0.3, 0.4) is 0 Å². The highest BCUT2D eigenvalue weighted by molar-refractivity contribution is 7.85. The van der Waals surface area contributed by atoms with Crippen LogP contribution in [0.2, 0.25) is 0 Å². The molecule has 0 aliphatic carbocycles. The molecule has 3 rings (SSSR count). The molecule has 1 aliphatic rings. The zero-order valence-electron chi connectivity index (χ0n) is 17.2. The minimum atomic E-state index is -4.98. The van der Waals surface area contributed by atoms with E-state index in [4.69, 9.17) is 10.5 Å². The third kappa shape index (κ3) is 5.70. The molecule has 2 aromatic heterocycles. The summed E-state index contributed by atoms with van der Waals surface area (Å²) in [5, 5.41) is 22.9. The summed E-state index contributed by atoms with van der Waals surface area (Å²) in [6.45, 7) is -0.791. The van der Waals surface area contributed by atoms with E-state index >= 15 is 0 Å². The number of nitrogens with two attached hydrogens (primary N) is 1. The van der Waals surface area contributed by atoms with E-state index < -0.39 is 53.3 Å². The summed E-state index contributed by atoms with van der Waals surface area (Å²) >= 11 is 0. The number of halogens is 3. The summed E-state index contributed by atoms with van der Waals surface area (Å²) in [5.74, 6) is -1.98. The summed E-state index contributed by atoms with van der Waals surface area (Å²) in [6, 6.07) is 0. The molecule has 0 saturated carbocycles. The fraction of sp³-hybridized carbons (Fsp3) is 0.588. The number of hydrogen-bond acceptors (Lipinski definition) is 10. The van der Waals surface area contributed by atoms with Gasteiger partial charge in [-0.15, -0.1) is 0 Å². The fourth-order valence-corrected chi connectivity index (χ4v) is 3.82. The SMILES string of the molecule is CS(=O)(=O)OC[C@H]1O[C@@H](n2cc(CCCNC(=O)C(F)(F)F)c3c(N)ncnc32)[C@H](O)[C@@H]1O. The van der Waals surface area contributed by atoms with Crippen molar-refractivity contribution in [2.24, 2.45) is 0 Å². The highest BCUT2D eigenvalue weighted by atomic mass is 32.2. The van der Waals surface area contributed by atoms with Gasteiger partial charge in [0, 0.05) is 12.7 Å². The molecule has 1 aliphatic heterocycles. The highest BCUT2D eigenvalue weighted by Gasteiger charge is 2.45. The molecular formula is C17H22F3N5O7S. The van der Waals surface area contributed by atoms with E-state index in [1.165, 1.54) is 10.8 Å². The Hall–Kier alpha value is -2.53. The van der Waals surface area contributed by atoms with Crippen LogP contribution in [-0.4, -0.2) is 83.0 Å². The van der Waals surface area contributed by atoms with Crippen molar-refractivity contribution >= 4 is 32.9 Å². The van der Waals surface area contributed by atoms with Gasteiger partial charge < -0.3 is 30.6 Å². The Morgan fingerprint density at radius 2 is 2.03 bits per heavy atom. The molecule has 0 bridgehead atoms. The largest absolute Gasteiger partial charge is 0.471 e. The topological polar surface area (TPSA) is 179 Å². The number of nitrogens with zero attached hydrogens (tertiary/aromatic N) is 3.